The van der Waals surface area contributed by atoms with Gasteiger partial charge in [-0.15, -0.1) is 0 Å². The molecule has 0 aromatic carbocycles. The number of pyridine rings is 1. The number of carboxylic acids is 1. The van der Waals surface area contributed by atoms with Gasteiger partial charge in [-0.1, -0.05) is 6.07 Å². The van der Waals surface area contributed by atoms with Gasteiger partial charge in [-0.2, -0.15) is 0 Å². The Morgan fingerprint density at radius 2 is 2.00 bits per heavy atom. The van der Waals surface area contributed by atoms with E-state index in [2.05, 4.69) is 4.98 Å². The molecule has 1 aliphatic heterocycles. The Kier molecular flexibility index (Phi) is 5.83. The summed E-state index contributed by atoms with van der Waals surface area (Å²) in [5, 5.41) is 9.33. The van der Waals surface area contributed by atoms with Crippen molar-refractivity contribution in [1.29, 1.82) is 0 Å². The molecule has 2 atom stereocenters. The molecule has 2 aliphatic rings. The molecule has 1 saturated heterocycles. The van der Waals surface area contributed by atoms with Gasteiger partial charge < -0.3 is 19.3 Å². The van der Waals surface area contributed by atoms with E-state index in [1.54, 1.807) is 18.2 Å². The summed E-state index contributed by atoms with van der Waals surface area (Å²) in [6, 6.07) is 5.03. The minimum Gasteiger partial charge on any atom is -0.478 e. The quantitative estimate of drug-likeness (QED) is 0.680. The summed E-state index contributed by atoms with van der Waals surface area (Å²) in [6.45, 7) is 2.58. The Bertz CT molecular complexity index is 835. The maximum Gasteiger partial charge on any atom is 0.348 e. The van der Waals surface area contributed by atoms with Crippen molar-refractivity contribution in [1.82, 2.24) is 4.98 Å². The molecule has 3 rings (SSSR count). The Morgan fingerprint density at radius 1 is 1.28 bits per heavy atom. The van der Waals surface area contributed by atoms with Crippen molar-refractivity contribution in [2.75, 3.05) is 18.1 Å². The molecule has 2 fully saturated rings. The van der Waals surface area contributed by atoms with E-state index in [9.17, 15) is 24.3 Å². The standard InChI is InChI=1S/C19H22N2O8/c1-11(22)28-16(18(25)26)15-17(24)21(9-10-27-15)14-6-3-5-13(20-14)19(7-4-8-19)29-12(2)23/h3,5-6,15-16H,4,7-10H2,1-2H3,(H,25,26)/t15-,16-/m1/s1. The summed E-state index contributed by atoms with van der Waals surface area (Å²) in [5.41, 5.74) is -0.278. The fraction of sp³-hybridized carbons (Fsp3) is 0.526. The molecule has 10 nitrogen and oxygen atoms in total. The lowest BCUT2D eigenvalue weighted by Crippen LogP contribution is -2.56. The molecule has 1 saturated carbocycles. The Balaban J connectivity index is 1.87. The summed E-state index contributed by atoms with van der Waals surface area (Å²) in [6.07, 6.45) is -1.08. The molecule has 0 unspecified atom stereocenters. The molecule has 1 amide bonds. The van der Waals surface area contributed by atoms with Crippen LogP contribution in [-0.2, 0) is 39.0 Å². The van der Waals surface area contributed by atoms with Crippen LogP contribution in [-0.4, -0.2) is 59.3 Å². The third-order valence-electron chi connectivity index (χ3n) is 4.91. The molecule has 10 heteroatoms. The highest BCUT2D eigenvalue weighted by atomic mass is 16.6. The normalized spacial score (nSPS) is 21.7. The van der Waals surface area contributed by atoms with Gasteiger partial charge in [0.15, 0.2) is 11.7 Å². The zero-order chi connectivity index (χ0) is 21.2. The van der Waals surface area contributed by atoms with Crippen LogP contribution in [0, 0.1) is 0 Å². The number of aromatic nitrogens is 1. The van der Waals surface area contributed by atoms with Crippen LogP contribution in [0.3, 0.4) is 0 Å². The first-order valence-electron chi connectivity index (χ1n) is 9.24. The van der Waals surface area contributed by atoms with E-state index in [-0.39, 0.29) is 19.0 Å². The second-order valence-corrected chi connectivity index (χ2v) is 6.97. The molecule has 1 aromatic heterocycles. The van der Waals surface area contributed by atoms with Crippen molar-refractivity contribution in [3.8, 4) is 0 Å². The fourth-order valence-corrected chi connectivity index (χ4v) is 3.48. The number of anilines is 1. The number of carbonyl (C=O) groups excluding carboxylic acids is 3. The predicted molar refractivity (Wildman–Crippen MR) is 96.8 cm³/mol. The predicted octanol–water partition coefficient (Wildman–Crippen LogP) is 0.772. The van der Waals surface area contributed by atoms with E-state index < -0.39 is 41.6 Å². The number of nitrogens with zero attached hydrogens (tertiary/aromatic N) is 2. The van der Waals surface area contributed by atoms with Crippen molar-refractivity contribution in [2.24, 2.45) is 0 Å². The summed E-state index contributed by atoms with van der Waals surface area (Å²) in [7, 11) is 0. The first-order valence-corrected chi connectivity index (χ1v) is 9.24. The Labute approximate surface area is 166 Å². The molecule has 0 radical (unpaired) electrons. The molecule has 2 heterocycles. The molecule has 156 valence electrons. The van der Waals surface area contributed by atoms with E-state index in [0.29, 0.717) is 18.5 Å². The number of rotatable bonds is 6. The SMILES string of the molecule is CC(=O)O[C@@H](C(=O)O)[C@H]1OCCN(c2cccc(C3(OC(C)=O)CCC3)n2)C1=O. The highest BCUT2D eigenvalue weighted by molar-refractivity contribution is 6.00. The lowest BCUT2D eigenvalue weighted by Gasteiger charge is -2.40. The van der Waals surface area contributed by atoms with Gasteiger partial charge >= 0.3 is 17.9 Å². The molecule has 1 aliphatic carbocycles. The van der Waals surface area contributed by atoms with E-state index in [0.717, 1.165) is 13.3 Å². The van der Waals surface area contributed by atoms with E-state index >= 15 is 0 Å². The first kappa shape index (κ1) is 20.7. The number of ether oxygens (including phenoxy) is 3. The van der Waals surface area contributed by atoms with Crippen LogP contribution in [0.15, 0.2) is 18.2 Å². The number of hydrogen-bond donors (Lipinski definition) is 1. The summed E-state index contributed by atoms with van der Waals surface area (Å²) >= 11 is 0. The molecule has 29 heavy (non-hydrogen) atoms. The molecular weight excluding hydrogens is 384 g/mol. The zero-order valence-electron chi connectivity index (χ0n) is 16.1. The lowest BCUT2D eigenvalue weighted by molar-refractivity contribution is -0.177. The number of esters is 2. The second kappa shape index (κ2) is 8.16. The van der Waals surface area contributed by atoms with Gasteiger partial charge in [-0.05, 0) is 31.4 Å². The van der Waals surface area contributed by atoms with Crippen LogP contribution >= 0.6 is 0 Å². The molecular formula is C19H22N2O8. The van der Waals surface area contributed by atoms with Gasteiger partial charge in [0, 0.05) is 13.8 Å². The van der Waals surface area contributed by atoms with E-state index in [1.165, 1.54) is 11.8 Å². The number of morpholine rings is 1. The zero-order valence-corrected chi connectivity index (χ0v) is 16.1. The van der Waals surface area contributed by atoms with E-state index in [1.807, 2.05) is 0 Å². The third-order valence-corrected chi connectivity index (χ3v) is 4.91. The number of carbonyl (C=O) groups is 4. The number of carboxylic acid groups (broad SMARTS) is 1. The largest absolute Gasteiger partial charge is 0.478 e. The van der Waals surface area contributed by atoms with Crippen LogP contribution in [0.25, 0.3) is 0 Å². The first-order chi connectivity index (χ1) is 13.7. The van der Waals surface area contributed by atoms with Gasteiger partial charge in [0.25, 0.3) is 5.91 Å². The van der Waals surface area contributed by atoms with Crippen molar-refractivity contribution >= 4 is 29.6 Å². The highest BCUT2D eigenvalue weighted by Crippen LogP contribution is 2.44. The summed E-state index contributed by atoms with van der Waals surface area (Å²) in [5.74, 6) is -3.12. The molecule has 1 aromatic rings. The number of hydrogen-bond acceptors (Lipinski definition) is 8. The van der Waals surface area contributed by atoms with Crippen LogP contribution in [0.1, 0.15) is 38.8 Å². The second-order valence-electron chi connectivity index (χ2n) is 6.97. The maximum atomic E-state index is 12.9. The van der Waals surface area contributed by atoms with Gasteiger partial charge in [0.05, 0.1) is 18.8 Å². The summed E-state index contributed by atoms with van der Waals surface area (Å²) in [4.78, 5) is 52.9. The summed E-state index contributed by atoms with van der Waals surface area (Å²) < 4.78 is 15.6. The van der Waals surface area contributed by atoms with Crippen molar-refractivity contribution in [3.63, 3.8) is 0 Å². The monoisotopic (exact) mass is 406 g/mol. The van der Waals surface area contributed by atoms with Crippen LogP contribution < -0.4 is 4.90 Å². The number of amides is 1. The van der Waals surface area contributed by atoms with E-state index in [4.69, 9.17) is 14.2 Å². The van der Waals surface area contributed by atoms with Gasteiger partial charge in [-0.25, -0.2) is 9.78 Å². The van der Waals surface area contributed by atoms with Crippen LogP contribution in [0.5, 0.6) is 0 Å². The minimum absolute atomic E-state index is 0.0441. The van der Waals surface area contributed by atoms with Crippen molar-refractivity contribution in [3.05, 3.63) is 23.9 Å². The average molecular weight is 406 g/mol. The minimum atomic E-state index is -1.76. The molecule has 0 bridgehead atoms. The Hall–Kier alpha value is -3.01. The molecule has 1 N–H and O–H groups in total. The average Bonchev–Trinajstić information content (AvgIpc) is 2.63. The molecule has 0 spiro atoms. The smallest absolute Gasteiger partial charge is 0.348 e. The maximum absolute atomic E-state index is 12.9. The van der Waals surface area contributed by atoms with Crippen molar-refractivity contribution < 1.29 is 38.5 Å². The third kappa shape index (κ3) is 4.21. The fourth-order valence-electron chi connectivity index (χ4n) is 3.48. The lowest BCUT2D eigenvalue weighted by atomic mass is 9.77. The highest BCUT2D eigenvalue weighted by Gasteiger charge is 2.45. The van der Waals surface area contributed by atoms with Gasteiger partial charge in [-0.3, -0.25) is 19.3 Å². The number of aliphatic carboxylic acids is 1. The van der Waals surface area contributed by atoms with Gasteiger partial charge in [0.2, 0.25) is 6.10 Å². The van der Waals surface area contributed by atoms with Crippen LogP contribution in [0.2, 0.25) is 0 Å². The Morgan fingerprint density at radius 3 is 2.55 bits per heavy atom. The topological polar surface area (TPSA) is 132 Å². The van der Waals surface area contributed by atoms with Crippen LogP contribution in [0.4, 0.5) is 5.82 Å². The van der Waals surface area contributed by atoms with Crippen molar-refractivity contribution in [2.45, 2.75) is 50.9 Å². The van der Waals surface area contributed by atoms with Gasteiger partial charge in [0.1, 0.15) is 5.82 Å².